The van der Waals surface area contributed by atoms with Crippen molar-refractivity contribution in [1.82, 2.24) is 9.97 Å². The van der Waals surface area contributed by atoms with Crippen LogP contribution in [-0.4, -0.2) is 27.4 Å². The fourth-order valence-corrected chi connectivity index (χ4v) is 1.89. The number of hydrogen-bond donors (Lipinski definition) is 2. The summed E-state index contributed by atoms with van der Waals surface area (Å²) in [4.78, 5) is 7.17. The molecule has 0 aliphatic carbocycles. The van der Waals surface area contributed by atoms with Gasteiger partial charge in [-0.1, -0.05) is 24.6 Å². The Hall–Kier alpha value is -0.480. The fraction of sp³-hybridized carbons (Fsp3) is 0.667. The number of aromatic amines is 1. The first-order chi connectivity index (χ1) is 6.43. The molecule has 2 N–H and O–H groups in total. The largest absolute Gasteiger partial charge is 0.396 e. The van der Waals surface area contributed by atoms with Gasteiger partial charge < -0.3 is 10.1 Å². The summed E-state index contributed by atoms with van der Waals surface area (Å²) in [6.07, 6.45) is 8.09. The number of aromatic nitrogens is 2. The zero-order valence-corrected chi connectivity index (χ0v) is 8.52. The maximum absolute atomic E-state index is 8.55. The van der Waals surface area contributed by atoms with Gasteiger partial charge in [-0.15, -0.1) is 0 Å². The predicted octanol–water partition coefficient (Wildman–Crippen LogP) is 2.05. The normalized spacial score (nSPS) is 10.5. The van der Waals surface area contributed by atoms with Crippen molar-refractivity contribution in [3.8, 4) is 0 Å². The van der Waals surface area contributed by atoms with Crippen LogP contribution in [0.4, 0.5) is 0 Å². The van der Waals surface area contributed by atoms with Crippen LogP contribution in [0.5, 0.6) is 0 Å². The van der Waals surface area contributed by atoms with Crippen LogP contribution < -0.4 is 0 Å². The van der Waals surface area contributed by atoms with Crippen LogP contribution in [0, 0.1) is 0 Å². The van der Waals surface area contributed by atoms with Gasteiger partial charge in [-0.3, -0.25) is 0 Å². The molecule has 0 spiro atoms. The molecule has 4 heteroatoms. The third-order valence-corrected chi connectivity index (χ3v) is 2.75. The molecule has 0 radical (unpaired) electrons. The topological polar surface area (TPSA) is 48.9 Å². The maximum atomic E-state index is 8.55. The highest BCUT2D eigenvalue weighted by molar-refractivity contribution is 7.99. The summed E-state index contributed by atoms with van der Waals surface area (Å²) in [6, 6.07) is 0. The molecular formula is C9H16N2OS. The van der Waals surface area contributed by atoms with Gasteiger partial charge >= 0.3 is 0 Å². The van der Waals surface area contributed by atoms with E-state index in [2.05, 4.69) is 9.97 Å². The van der Waals surface area contributed by atoms with Gasteiger partial charge in [0, 0.05) is 24.8 Å². The van der Waals surface area contributed by atoms with Crippen molar-refractivity contribution in [2.24, 2.45) is 0 Å². The molecule has 0 aliphatic rings. The summed E-state index contributed by atoms with van der Waals surface area (Å²) in [5, 5.41) is 9.55. The molecule has 0 bridgehead atoms. The third-order valence-electron chi connectivity index (χ3n) is 1.76. The number of rotatable bonds is 7. The lowest BCUT2D eigenvalue weighted by molar-refractivity contribution is 0.283. The Bertz CT molecular complexity index is 201. The van der Waals surface area contributed by atoms with Gasteiger partial charge in [-0.2, -0.15) is 0 Å². The second kappa shape index (κ2) is 6.97. The zero-order valence-electron chi connectivity index (χ0n) is 7.70. The number of hydrogen-bond acceptors (Lipinski definition) is 3. The Morgan fingerprint density at radius 3 is 2.85 bits per heavy atom. The van der Waals surface area contributed by atoms with Gasteiger partial charge in [0.1, 0.15) is 0 Å². The Kier molecular flexibility index (Phi) is 5.69. The van der Waals surface area contributed by atoms with E-state index in [1.807, 2.05) is 6.20 Å². The van der Waals surface area contributed by atoms with E-state index in [0.717, 1.165) is 23.8 Å². The molecule has 0 saturated carbocycles. The Morgan fingerprint density at radius 2 is 2.15 bits per heavy atom. The number of aliphatic hydroxyl groups is 1. The van der Waals surface area contributed by atoms with Crippen LogP contribution in [0.1, 0.15) is 25.7 Å². The minimum atomic E-state index is 0.325. The van der Waals surface area contributed by atoms with Gasteiger partial charge in [0.25, 0.3) is 0 Å². The van der Waals surface area contributed by atoms with Crippen LogP contribution in [0.2, 0.25) is 0 Å². The van der Waals surface area contributed by atoms with Crippen molar-refractivity contribution in [1.29, 1.82) is 0 Å². The highest BCUT2D eigenvalue weighted by atomic mass is 32.2. The first-order valence-corrected chi connectivity index (χ1v) is 5.65. The van der Waals surface area contributed by atoms with Crippen molar-refractivity contribution in [2.75, 3.05) is 12.4 Å². The molecule has 0 unspecified atom stereocenters. The molecular weight excluding hydrogens is 184 g/mol. The van der Waals surface area contributed by atoms with Gasteiger partial charge in [0.05, 0.1) is 0 Å². The molecule has 0 saturated heterocycles. The molecule has 1 aromatic rings. The third kappa shape index (κ3) is 4.95. The second-order valence-corrected chi connectivity index (χ2v) is 3.96. The summed E-state index contributed by atoms with van der Waals surface area (Å²) < 4.78 is 0. The molecule has 1 rings (SSSR count). The van der Waals surface area contributed by atoms with Crippen molar-refractivity contribution in [3.05, 3.63) is 12.4 Å². The number of nitrogens with one attached hydrogen (secondary N) is 1. The molecule has 0 atom stereocenters. The van der Waals surface area contributed by atoms with Crippen LogP contribution in [0.15, 0.2) is 17.6 Å². The van der Waals surface area contributed by atoms with Crippen molar-refractivity contribution < 1.29 is 5.11 Å². The Balaban J connectivity index is 1.90. The molecule has 3 nitrogen and oxygen atoms in total. The molecule has 1 heterocycles. The van der Waals surface area contributed by atoms with E-state index < -0.39 is 0 Å². The summed E-state index contributed by atoms with van der Waals surface area (Å²) in [7, 11) is 0. The van der Waals surface area contributed by atoms with E-state index in [0.29, 0.717) is 6.61 Å². The average molecular weight is 200 g/mol. The van der Waals surface area contributed by atoms with E-state index in [1.54, 1.807) is 18.0 Å². The lowest BCUT2D eigenvalue weighted by Crippen LogP contribution is -1.85. The lowest BCUT2D eigenvalue weighted by Gasteiger charge is -1.98. The number of unbranched alkanes of at least 4 members (excludes halogenated alkanes) is 3. The monoisotopic (exact) mass is 200 g/mol. The summed E-state index contributed by atoms with van der Waals surface area (Å²) in [6.45, 7) is 0.325. The van der Waals surface area contributed by atoms with E-state index in [-0.39, 0.29) is 0 Å². The minimum Gasteiger partial charge on any atom is -0.396 e. The van der Waals surface area contributed by atoms with Crippen molar-refractivity contribution in [3.63, 3.8) is 0 Å². The number of aliphatic hydroxyl groups excluding tert-OH is 1. The van der Waals surface area contributed by atoms with Crippen LogP contribution in [0.25, 0.3) is 0 Å². The molecule has 74 valence electrons. The van der Waals surface area contributed by atoms with Gasteiger partial charge in [0.15, 0.2) is 5.16 Å². The molecule has 0 fully saturated rings. The van der Waals surface area contributed by atoms with Crippen LogP contribution in [0.3, 0.4) is 0 Å². The summed E-state index contributed by atoms with van der Waals surface area (Å²) >= 11 is 1.76. The van der Waals surface area contributed by atoms with Gasteiger partial charge in [0.2, 0.25) is 0 Å². The fourth-order valence-electron chi connectivity index (χ4n) is 1.07. The van der Waals surface area contributed by atoms with Gasteiger partial charge in [-0.25, -0.2) is 4.98 Å². The van der Waals surface area contributed by atoms with Crippen molar-refractivity contribution >= 4 is 11.8 Å². The quantitative estimate of drug-likeness (QED) is 0.523. The molecule has 13 heavy (non-hydrogen) atoms. The van der Waals surface area contributed by atoms with E-state index >= 15 is 0 Å². The number of thioether (sulfide) groups is 1. The first-order valence-electron chi connectivity index (χ1n) is 4.66. The Morgan fingerprint density at radius 1 is 1.31 bits per heavy atom. The molecule has 0 amide bonds. The van der Waals surface area contributed by atoms with Crippen LogP contribution in [-0.2, 0) is 0 Å². The number of nitrogens with zero attached hydrogens (tertiary/aromatic N) is 1. The SMILES string of the molecule is OCCCCCCSc1ncc[nH]1. The summed E-state index contributed by atoms with van der Waals surface area (Å²) in [5.74, 6) is 1.11. The highest BCUT2D eigenvalue weighted by Crippen LogP contribution is 2.14. The molecule has 0 aliphatic heterocycles. The number of H-pyrrole nitrogens is 1. The highest BCUT2D eigenvalue weighted by Gasteiger charge is 1.94. The zero-order chi connectivity index (χ0) is 9.36. The second-order valence-electron chi connectivity index (χ2n) is 2.88. The lowest BCUT2D eigenvalue weighted by atomic mass is 10.2. The molecule has 0 aromatic carbocycles. The van der Waals surface area contributed by atoms with E-state index in [9.17, 15) is 0 Å². The van der Waals surface area contributed by atoms with E-state index in [4.69, 9.17) is 5.11 Å². The maximum Gasteiger partial charge on any atom is 0.165 e. The minimum absolute atomic E-state index is 0.325. The van der Waals surface area contributed by atoms with E-state index in [1.165, 1.54) is 12.8 Å². The number of imidazole rings is 1. The van der Waals surface area contributed by atoms with Crippen LogP contribution >= 0.6 is 11.8 Å². The predicted molar refractivity (Wildman–Crippen MR) is 54.9 cm³/mol. The first kappa shape index (κ1) is 10.6. The molecule has 1 aromatic heterocycles. The standard InChI is InChI=1S/C9H16N2OS/c12-7-3-1-2-4-8-13-9-10-5-6-11-9/h5-6,12H,1-4,7-8H2,(H,10,11). The van der Waals surface area contributed by atoms with Crippen molar-refractivity contribution in [2.45, 2.75) is 30.8 Å². The smallest absolute Gasteiger partial charge is 0.165 e. The Labute approximate surface area is 83.0 Å². The summed E-state index contributed by atoms with van der Waals surface area (Å²) in [5.41, 5.74) is 0. The van der Waals surface area contributed by atoms with Gasteiger partial charge in [-0.05, 0) is 12.8 Å². The average Bonchev–Trinajstić information content (AvgIpc) is 2.63.